The van der Waals surface area contributed by atoms with Gasteiger partial charge in [-0.15, -0.1) is 0 Å². The number of anilines is 1. The van der Waals surface area contributed by atoms with Crippen LogP contribution < -0.4 is 4.72 Å². The smallest absolute Gasteiger partial charge is 0.273 e. The molecule has 0 aliphatic heterocycles. The summed E-state index contributed by atoms with van der Waals surface area (Å²) >= 11 is 15.5. The monoisotopic (exact) mass is 386 g/mol. The Kier molecular flexibility index (Phi) is 4.18. The fourth-order valence-electron chi connectivity index (χ4n) is 1.13. The van der Waals surface area contributed by atoms with Gasteiger partial charge in [-0.3, -0.25) is 4.72 Å². The Morgan fingerprint density at radius 3 is 2.67 bits per heavy atom. The average molecular weight is 388 g/mol. The summed E-state index contributed by atoms with van der Waals surface area (Å²) in [5.74, 6) is 0. The highest BCUT2D eigenvalue weighted by Crippen LogP contribution is 2.30. The molecule has 0 amide bonds. The van der Waals surface area contributed by atoms with Gasteiger partial charge in [0.25, 0.3) is 10.0 Å². The van der Waals surface area contributed by atoms with Crippen molar-refractivity contribution in [3.8, 4) is 0 Å². The van der Waals surface area contributed by atoms with Crippen molar-refractivity contribution in [1.29, 1.82) is 0 Å². The van der Waals surface area contributed by atoms with Gasteiger partial charge in [-0.2, -0.15) is 0 Å². The number of nitrogens with zero attached hydrogens (tertiary/aromatic N) is 1. The van der Waals surface area contributed by atoms with Crippen LogP contribution in [0.1, 0.15) is 0 Å². The molecule has 0 saturated carbocycles. The number of rotatable bonds is 3. The molecule has 0 aliphatic carbocycles. The van der Waals surface area contributed by atoms with Gasteiger partial charge in [-0.05, 0) is 34.1 Å². The normalized spacial score (nSPS) is 11.5. The zero-order valence-corrected chi connectivity index (χ0v) is 13.3. The standard InChI is InChI=1S/C9H5BrCl2N2O2S2/c10-6-2-1-5(11)3-7(6)14-18(15,16)8-4-13-9(12)17-8/h1-4,14H. The van der Waals surface area contributed by atoms with Crippen molar-refractivity contribution in [3.63, 3.8) is 0 Å². The van der Waals surface area contributed by atoms with Crippen LogP contribution in [-0.2, 0) is 10.0 Å². The summed E-state index contributed by atoms with van der Waals surface area (Å²) in [4.78, 5) is 3.69. The van der Waals surface area contributed by atoms with Gasteiger partial charge in [0.05, 0.1) is 11.9 Å². The number of halogens is 3. The van der Waals surface area contributed by atoms with Crippen molar-refractivity contribution in [3.05, 3.63) is 38.4 Å². The van der Waals surface area contributed by atoms with E-state index in [0.717, 1.165) is 11.3 Å². The van der Waals surface area contributed by atoms with Crippen LogP contribution in [0.25, 0.3) is 0 Å². The average Bonchev–Trinajstić information content (AvgIpc) is 2.71. The van der Waals surface area contributed by atoms with E-state index >= 15 is 0 Å². The number of nitrogens with one attached hydrogen (secondary N) is 1. The van der Waals surface area contributed by atoms with E-state index < -0.39 is 10.0 Å². The summed E-state index contributed by atoms with van der Waals surface area (Å²) in [6, 6.07) is 4.80. The van der Waals surface area contributed by atoms with Gasteiger partial charge in [0, 0.05) is 9.50 Å². The van der Waals surface area contributed by atoms with Crippen LogP contribution in [-0.4, -0.2) is 13.4 Å². The lowest BCUT2D eigenvalue weighted by molar-refractivity contribution is 0.603. The lowest BCUT2D eigenvalue weighted by atomic mass is 10.3. The van der Waals surface area contributed by atoms with E-state index in [1.54, 1.807) is 12.1 Å². The third-order valence-electron chi connectivity index (χ3n) is 1.89. The summed E-state index contributed by atoms with van der Waals surface area (Å²) in [5, 5.41) is 0.429. The molecule has 18 heavy (non-hydrogen) atoms. The first-order chi connectivity index (χ1) is 8.38. The van der Waals surface area contributed by atoms with Gasteiger partial charge in [-0.1, -0.05) is 34.5 Å². The van der Waals surface area contributed by atoms with Crippen LogP contribution in [0.2, 0.25) is 9.49 Å². The molecule has 1 heterocycles. The van der Waals surface area contributed by atoms with E-state index in [4.69, 9.17) is 23.2 Å². The van der Waals surface area contributed by atoms with E-state index in [1.807, 2.05) is 0 Å². The quantitative estimate of drug-likeness (QED) is 0.865. The highest BCUT2D eigenvalue weighted by molar-refractivity contribution is 9.10. The molecule has 2 rings (SSSR count). The van der Waals surface area contributed by atoms with Crippen LogP contribution in [0.5, 0.6) is 0 Å². The third-order valence-corrected chi connectivity index (χ3v) is 5.76. The molecule has 9 heteroatoms. The van der Waals surface area contributed by atoms with E-state index in [-0.39, 0.29) is 8.68 Å². The minimum atomic E-state index is -3.70. The highest BCUT2D eigenvalue weighted by Gasteiger charge is 2.18. The molecule has 0 saturated heterocycles. The maximum Gasteiger partial charge on any atom is 0.273 e. The molecule has 1 aromatic carbocycles. The summed E-state index contributed by atoms with van der Waals surface area (Å²) in [6.07, 6.45) is 1.20. The molecular weight excluding hydrogens is 383 g/mol. The van der Waals surface area contributed by atoms with E-state index in [1.165, 1.54) is 12.3 Å². The van der Waals surface area contributed by atoms with E-state index in [0.29, 0.717) is 15.2 Å². The molecule has 0 unspecified atom stereocenters. The lowest BCUT2D eigenvalue weighted by Gasteiger charge is -2.08. The van der Waals surface area contributed by atoms with Crippen molar-refractivity contribution in [1.82, 2.24) is 4.98 Å². The van der Waals surface area contributed by atoms with Gasteiger partial charge >= 0.3 is 0 Å². The van der Waals surface area contributed by atoms with E-state index in [2.05, 4.69) is 25.6 Å². The number of sulfonamides is 1. The lowest BCUT2D eigenvalue weighted by Crippen LogP contribution is -2.11. The second kappa shape index (κ2) is 5.34. The molecular formula is C9H5BrCl2N2O2S2. The minimum absolute atomic E-state index is 0.0411. The van der Waals surface area contributed by atoms with Gasteiger partial charge in [-0.25, -0.2) is 13.4 Å². The first-order valence-corrected chi connectivity index (χ1v) is 8.32. The summed E-state index contributed by atoms with van der Waals surface area (Å²) in [7, 11) is -3.70. The Morgan fingerprint density at radius 2 is 2.06 bits per heavy atom. The molecule has 0 radical (unpaired) electrons. The Morgan fingerprint density at radius 1 is 1.33 bits per heavy atom. The topological polar surface area (TPSA) is 59.1 Å². The van der Waals surface area contributed by atoms with Crippen LogP contribution in [0.15, 0.2) is 33.1 Å². The predicted octanol–water partition coefficient (Wildman–Crippen LogP) is 4.01. The predicted molar refractivity (Wildman–Crippen MR) is 77.1 cm³/mol. The van der Waals surface area contributed by atoms with Gasteiger partial charge < -0.3 is 0 Å². The molecule has 1 aromatic heterocycles. The Hall–Kier alpha value is -0.340. The Bertz CT molecular complexity index is 688. The van der Waals surface area contributed by atoms with E-state index in [9.17, 15) is 8.42 Å². The molecule has 0 aliphatic rings. The molecule has 0 atom stereocenters. The largest absolute Gasteiger partial charge is 0.278 e. The van der Waals surface area contributed by atoms with Crippen molar-refractivity contribution in [2.75, 3.05) is 4.72 Å². The van der Waals surface area contributed by atoms with Crippen molar-refractivity contribution >= 4 is 66.2 Å². The van der Waals surface area contributed by atoms with Crippen LogP contribution in [0, 0.1) is 0 Å². The van der Waals surface area contributed by atoms with Gasteiger partial charge in [0.15, 0.2) is 8.68 Å². The minimum Gasteiger partial charge on any atom is -0.278 e. The van der Waals surface area contributed by atoms with Crippen LogP contribution >= 0.6 is 50.5 Å². The fraction of sp³-hybridized carbons (Fsp3) is 0. The SMILES string of the molecule is O=S(=O)(Nc1cc(Cl)ccc1Br)c1cnc(Cl)s1. The second-order valence-corrected chi connectivity index (χ2v) is 7.97. The molecule has 96 valence electrons. The number of thiazole rings is 1. The first-order valence-electron chi connectivity index (χ1n) is 4.48. The van der Waals surface area contributed by atoms with Crippen molar-refractivity contribution in [2.45, 2.75) is 4.21 Å². The fourth-order valence-corrected chi connectivity index (χ4v) is 4.15. The van der Waals surface area contributed by atoms with Crippen LogP contribution in [0.3, 0.4) is 0 Å². The zero-order chi connectivity index (χ0) is 13.3. The molecule has 0 bridgehead atoms. The molecule has 0 fully saturated rings. The summed E-state index contributed by atoms with van der Waals surface area (Å²) < 4.78 is 27.2. The molecule has 1 N–H and O–H groups in total. The molecule has 2 aromatic rings. The molecule has 4 nitrogen and oxygen atoms in total. The first kappa shape index (κ1) is 14.1. The van der Waals surface area contributed by atoms with Gasteiger partial charge in [0.1, 0.15) is 0 Å². The number of hydrogen-bond acceptors (Lipinski definition) is 4. The van der Waals surface area contributed by atoms with Gasteiger partial charge in [0.2, 0.25) is 0 Å². The second-order valence-electron chi connectivity index (χ2n) is 3.16. The zero-order valence-electron chi connectivity index (χ0n) is 8.52. The van der Waals surface area contributed by atoms with Crippen molar-refractivity contribution < 1.29 is 8.42 Å². The third kappa shape index (κ3) is 3.16. The summed E-state index contributed by atoms with van der Waals surface area (Å²) in [6.45, 7) is 0. The summed E-state index contributed by atoms with van der Waals surface area (Å²) in [5.41, 5.74) is 0.354. The van der Waals surface area contributed by atoms with Crippen molar-refractivity contribution in [2.24, 2.45) is 0 Å². The van der Waals surface area contributed by atoms with Crippen LogP contribution in [0.4, 0.5) is 5.69 Å². The number of hydrogen-bond donors (Lipinski definition) is 1. The number of aromatic nitrogens is 1. The maximum absolute atomic E-state index is 12.0. The highest BCUT2D eigenvalue weighted by atomic mass is 79.9. The molecule has 0 spiro atoms. The number of benzene rings is 1. The maximum atomic E-state index is 12.0. The Labute approximate surface area is 126 Å². The Balaban J connectivity index is 2.36.